The van der Waals surface area contributed by atoms with Gasteiger partial charge in [-0.2, -0.15) is 0 Å². The summed E-state index contributed by atoms with van der Waals surface area (Å²) in [6, 6.07) is -2.19. The molecule has 2 heterocycles. The van der Waals surface area contributed by atoms with Crippen molar-refractivity contribution >= 4 is 0 Å². The lowest BCUT2D eigenvalue weighted by Gasteiger charge is -2.47. The molecule has 32 heavy (non-hydrogen) atoms. The van der Waals surface area contributed by atoms with Crippen molar-refractivity contribution in [2.24, 2.45) is 22.9 Å². The molecule has 0 spiro atoms. The summed E-state index contributed by atoms with van der Waals surface area (Å²) in [5.74, 6) is 0. The molecule has 3 fully saturated rings. The molecule has 2 saturated heterocycles. The molecular weight excluding hydrogens is 432 g/mol. The van der Waals surface area contributed by atoms with Crippen LogP contribution in [0.4, 0.5) is 0 Å². The van der Waals surface area contributed by atoms with Crippen molar-refractivity contribution in [3.63, 3.8) is 0 Å². The summed E-state index contributed by atoms with van der Waals surface area (Å²) in [4.78, 5) is 0. The van der Waals surface area contributed by atoms with Crippen LogP contribution in [0.5, 0.6) is 0 Å². The molecule has 1 aliphatic carbocycles. The number of ether oxygens (including phenoxy) is 4. The van der Waals surface area contributed by atoms with Gasteiger partial charge in [-0.3, -0.25) is 0 Å². The van der Waals surface area contributed by atoms with Crippen molar-refractivity contribution in [1.29, 1.82) is 0 Å². The van der Waals surface area contributed by atoms with Crippen molar-refractivity contribution in [2.75, 3.05) is 13.2 Å². The van der Waals surface area contributed by atoms with Gasteiger partial charge in [0, 0.05) is 31.1 Å². The molecule has 14 atom stereocenters. The highest BCUT2D eigenvalue weighted by Gasteiger charge is 2.50. The molecule has 1 saturated carbocycles. The Kier molecular flexibility index (Phi) is 8.79. The maximum atomic E-state index is 10.9. The molecule has 0 unspecified atom stereocenters. The number of hydrogen-bond acceptors (Lipinski definition) is 14. The van der Waals surface area contributed by atoms with E-state index in [1.54, 1.807) is 0 Å². The fourth-order valence-electron chi connectivity index (χ4n) is 4.40. The van der Waals surface area contributed by atoms with Crippen LogP contribution in [0.15, 0.2) is 0 Å². The summed E-state index contributed by atoms with van der Waals surface area (Å²) >= 11 is 0. The zero-order chi connectivity index (χ0) is 23.7. The van der Waals surface area contributed by atoms with Gasteiger partial charge in [-0.05, 0) is 6.42 Å². The summed E-state index contributed by atoms with van der Waals surface area (Å²) in [5.41, 5.74) is 23.7. The maximum absolute atomic E-state index is 10.9. The number of hydrogen-bond donors (Lipinski definition) is 10. The Hall–Kier alpha value is -0.560. The van der Waals surface area contributed by atoms with Crippen LogP contribution in [-0.4, -0.2) is 129 Å². The summed E-state index contributed by atoms with van der Waals surface area (Å²) in [6.07, 6.45) is -13.3. The van der Waals surface area contributed by atoms with Gasteiger partial charge in [0.2, 0.25) is 0 Å². The molecule has 0 aromatic carbocycles. The van der Waals surface area contributed by atoms with E-state index in [0.717, 1.165) is 0 Å². The van der Waals surface area contributed by atoms with Crippen molar-refractivity contribution in [3.8, 4) is 0 Å². The zero-order valence-electron chi connectivity index (χ0n) is 17.5. The molecule has 14 nitrogen and oxygen atoms in total. The molecule has 2 aliphatic heterocycles. The minimum atomic E-state index is -1.62. The van der Waals surface area contributed by atoms with Crippen molar-refractivity contribution in [2.45, 2.75) is 98.5 Å². The van der Waals surface area contributed by atoms with Crippen LogP contribution in [-0.2, 0) is 18.9 Å². The quantitative estimate of drug-likeness (QED) is 0.174. The highest BCUT2D eigenvalue weighted by Crippen LogP contribution is 2.31. The third kappa shape index (κ3) is 5.24. The largest absolute Gasteiger partial charge is 0.394 e. The molecule has 0 bridgehead atoms. The van der Waals surface area contributed by atoms with Gasteiger partial charge < -0.3 is 72.5 Å². The van der Waals surface area contributed by atoms with E-state index in [4.69, 9.17) is 41.9 Å². The highest BCUT2D eigenvalue weighted by molar-refractivity contribution is 5.00. The Morgan fingerprint density at radius 2 is 1.31 bits per heavy atom. The molecule has 0 amide bonds. The minimum Gasteiger partial charge on any atom is -0.394 e. The molecular formula is C18H36N4O10. The molecule has 0 aromatic rings. The van der Waals surface area contributed by atoms with E-state index in [2.05, 4.69) is 0 Å². The fourth-order valence-corrected chi connectivity index (χ4v) is 4.40. The first-order valence-electron chi connectivity index (χ1n) is 10.7. The monoisotopic (exact) mass is 468 g/mol. The van der Waals surface area contributed by atoms with Crippen molar-refractivity contribution in [3.05, 3.63) is 0 Å². The third-order valence-corrected chi connectivity index (χ3v) is 6.35. The normalized spacial score (nSPS) is 52.7. The second-order valence-corrected chi connectivity index (χ2v) is 8.68. The van der Waals surface area contributed by atoms with Gasteiger partial charge in [0.1, 0.15) is 48.8 Å². The summed E-state index contributed by atoms with van der Waals surface area (Å²) in [5, 5.41) is 60.5. The van der Waals surface area contributed by atoms with E-state index in [1.165, 1.54) is 0 Å². The van der Waals surface area contributed by atoms with Crippen molar-refractivity contribution in [1.82, 2.24) is 0 Å². The van der Waals surface area contributed by atoms with E-state index in [1.807, 2.05) is 0 Å². The summed E-state index contributed by atoms with van der Waals surface area (Å²) < 4.78 is 22.5. The lowest BCUT2D eigenvalue weighted by atomic mass is 9.84. The van der Waals surface area contributed by atoms with Crippen LogP contribution < -0.4 is 22.9 Å². The lowest BCUT2D eigenvalue weighted by molar-refractivity contribution is -0.325. The molecule has 3 aliphatic rings. The number of nitrogens with two attached hydrogens (primary N) is 4. The van der Waals surface area contributed by atoms with E-state index < -0.39 is 92.2 Å². The van der Waals surface area contributed by atoms with Gasteiger partial charge in [-0.1, -0.05) is 0 Å². The molecule has 0 aromatic heterocycles. The number of aliphatic hydroxyl groups is 6. The lowest BCUT2D eigenvalue weighted by Crippen LogP contribution is -2.67. The Bertz CT molecular complexity index is 606. The predicted octanol–water partition coefficient (Wildman–Crippen LogP) is -6.26. The molecule has 0 radical (unpaired) electrons. The summed E-state index contributed by atoms with van der Waals surface area (Å²) in [7, 11) is 0. The standard InChI is InChI=1S/C18H36N4O10/c19-3-8-12(25)13(26)14(27)18(30-8)32-17-7(22)1-6(21)16(15(17)28)31-10-2-5(20)11(24)9(4-23)29-10/h5-18,23-28H,1-4,19-22H2/t5-,6-,7+,8-,9-,10+,11-,12+,13+,14+,15-,16-,17+,18+/m0/s1. The zero-order valence-corrected chi connectivity index (χ0v) is 17.5. The van der Waals surface area contributed by atoms with Crippen LogP contribution in [0.25, 0.3) is 0 Å². The van der Waals surface area contributed by atoms with Gasteiger partial charge in [-0.15, -0.1) is 0 Å². The Labute approximate surface area is 185 Å². The Morgan fingerprint density at radius 1 is 0.688 bits per heavy atom. The van der Waals surface area contributed by atoms with Crippen LogP contribution >= 0.6 is 0 Å². The van der Waals surface area contributed by atoms with Crippen LogP contribution in [0.3, 0.4) is 0 Å². The smallest absolute Gasteiger partial charge is 0.187 e. The maximum Gasteiger partial charge on any atom is 0.187 e. The topological polar surface area (TPSA) is 262 Å². The van der Waals surface area contributed by atoms with Gasteiger partial charge in [0.15, 0.2) is 12.6 Å². The third-order valence-electron chi connectivity index (χ3n) is 6.35. The van der Waals surface area contributed by atoms with Crippen LogP contribution in [0.1, 0.15) is 12.8 Å². The van der Waals surface area contributed by atoms with E-state index in [0.29, 0.717) is 0 Å². The average molecular weight is 469 g/mol. The Balaban J connectivity index is 1.69. The second-order valence-electron chi connectivity index (χ2n) is 8.68. The molecule has 14 heteroatoms. The Morgan fingerprint density at radius 3 is 1.91 bits per heavy atom. The van der Waals surface area contributed by atoms with Gasteiger partial charge in [0.25, 0.3) is 0 Å². The predicted molar refractivity (Wildman–Crippen MR) is 106 cm³/mol. The minimum absolute atomic E-state index is 0.0951. The number of rotatable bonds is 6. The van der Waals surface area contributed by atoms with E-state index in [-0.39, 0.29) is 19.4 Å². The van der Waals surface area contributed by atoms with Crippen molar-refractivity contribution < 1.29 is 49.6 Å². The van der Waals surface area contributed by atoms with Crippen LogP contribution in [0, 0.1) is 0 Å². The van der Waals surface area contributed by atoms with Gasteiger partial charge in [-0.25, -0.2) is 0 Å². The van der Waals surface area contributed by atoms with Gasteiger partial charge >= 0.3 is 0 Å². The molecule has 3 rings (SSSR count). The highest BCUT2D eigenvalue weighted by atomic mass is 16.7. The van der Waals surface area contributed by atoms with E-state index >= 15 is 0 Å². The first-order chi connectivity index (χ1) is 15.1. The SMILES string of the molecule is NC[C@@H]1O[C@H](O[C@H]2[C@@H](O)[C@@H](O[C@@H]3C[C@H](N)[C@H](O)[C@H](CO)O3)[C@@H](N)C[C@H]2N)[C@H](O)[C@H](O)[C@@H]1O. The fraction of sp³-hybridized carbons (Fsp3) is 1.00. The molecule has 14 N–H and O–H groups in total. The summed E-state index contributed by atoms with van der Waals surface area (Å²) in [6.45, 7) is -0.615. The average Bonchev–Trinajstić information content (AvgIpc) is 2.76. The first kappa shape index (κ1) is 26.1. The molecule has 188 valence electrons. The number of aliphatic hydroxyl groups excluding tert-OH is 6. The second kappa shape index (κ2) is 10.8. The van der Waals surface area contributed by atoms with E-state index in [9.17, 15) is 30.6 Å². The van der Waals surface area contributed by atoms with Gasteiger partial charge in [0.05, 0.1) is 12.7 Å². The van der Waals surface area contributed by atoms with Crippen LogP contribution in [0.2, 0.25) is 0 Å². The first-order valence-corrected chi connectivity index (χ1v) is 10.7.